The molecular formula is C22H48O6Si5. The highest BCUT2D eigenvalue weighted by Gasteiger charge is 2.50. The van der Waals surface area contributed by atoms with Gasteiger partial charge in [0.05, 0.1) is 19.4 Å². The molecular weight excluding hydrogens is 501 g/mol. The van der Waals surface area contributed by atoms with Gasteiger partial charge >= 0.3 is 25.7 Å². The van der Waals surface area contributed by atoms with Crippen molar-refractivity contribution in [3.05, 3.63) is 30.3 Å². The third kappa shape index (κ3) is 13.1. The Morgan fingerprint density at radius 3 is 1.67 bits per heavy atom. The predicted octanol–water partition coefficient (Wildman–Crippen LogP) is 5.46. The Labute approximate surface area is 208 Å². The molecule has 11 heteroatoms. The first-order chi connectivity index (χ1) is 15.0. The van der Waals surface area contributed by atoms with Crippen LogP contribution >= 0.6 is 0 Å². The van der Waals surface area contributed by atoms with Crippen molar-refractivity contribution in [3.63, 3.8) is 0 Å². The van der Waals surface area contributed by atoms with Crippen LogP contribution in [0.15, 0.2) is 30.3 Å². The number of ether oxygens (including phenoxy) is 2. The van der Waals surface area contributed by atoms with Gasteiger partial charge in [-0.1, -0.05) is 37.3 Å². The van der Waals surface area contributed by atoms with Crippen LogP contribution in [0.4, 0.5) is 0 Å². The third-order valence-electron chi connectivity index (χ3n) is 4.31. The van der Waals surface area contributed by atoms with Gasteiger partial charge in [0.2, 0.25) is 0 Å². The minimum atomic E-state index is -2.87. The third-order valence-corrected chi connectivity index (χ3v) is 21.8. The topological polar surface area (TPSA) is 55.4 Å². The second kappa shape index (κ2) is 12.9. The Hall–Kier alpha value is 0.0644. The fourth-order valence-electron chi connectivity index (χ4n) is 3.87. The highest BCUT2D eigenvalue weighted by Crippen LogP contribution is 2.26. The maximum Gasteiger partial charge on any atom is 0.351 e. The van der Waals surface area contributed by atoms with E-state index in [1.54, 1.807) is 0 Å². The Morgan fingerprint density at radius 2 is 1.15 bits per heavy atom. The molecule has 0 aliphatic heterocycles. The van der Waals surface area contributed by atoms with E-state index in [4.69, 9.17) is 25.9 Å². The van der Waals surface area contributed by atoms with Crippen molar-refractivity contribution < 1.29 is 25.9 Å². The molecule has 0 heterocycles. The average Bonchev–Trinajstić information content (AvgIpc) is 2.61. The molecule has 2 atom stereocenters. The zero-order chi connectivity index (χ0) is 25.4. The van der Waals surface area contributed by atoms with Gasteiger partial charge in [-0.15, -0.1) is 0 Å². The lowest BCUT2D eigenvalue weighted by molar-refractivity contribution is 0.0558. The molecule has 0 saturated carbocycles. The van der Waals surface area contributed by atoms with Crippen molar-refractivity contribution in [1.82, 2.24) is 0 Å². The standard InChI is InChI=1S/C22H48O6Si5/c1-12-18-23-19-20-24-21-32(10,26-30(5,6)7)28-33(11,22-16-14-13-15-17-22)27-31(8,9)25-29(2,3)4/h13-17H,12,18-21H2,1-11H3. The number of hydrogen-bond acceptors (Lipinski definition) is 6. The first-order valence-corrected chi connectivity index (χ1v) is 26.5. The summed E-state index contributed by atoms with van der Waals surface area (Å²) in [7, 11) is -11.7. The van der Waals surface area contributed by atoms with E-state index in [1.807, 2.05) is 18.2 Å². The van der Waals surface area contributed by atoms with Crippen LogP contribution in [0.1, 0.15) is 13.3 Å². The molecule has 192 valence electrons. The van der Waals surface area contributed by atoms with Crippen molar-refractivity contribution in [2.45, 2.75) is 78.8 Å². The van der Waals surface area contributed by atoms with Crippen LogP contribution in [-0.2, 0) is 25.9 Å². The lowest BCUT2D eigenvalue weighted by Crippen LogP contribution is -2.66. The van der Waals surface area contributed by atoms with E-state index < -0.39 is 42.3 Å². The van der Waals surface area contributed by atoms with E-state index in [0.29, 0.717) is 19.4 Å². The van der Waals surface area contributed by atoms with Crippen LogP contribution in [0.5, 0.6) is 0 Å². The van der Waals surface area contributed by atoms with Crippen LogP contribution in [0, 0.1) is 0 Å². The van der Waals surface area contributed by atoms with Gasteiger partial charge < -0.3 is 25.9 Å². The van der Waals surface area contributed by atoms with Crippen molar-refractivity contribution in [2.24, 2.45) is 0 Å². The fraction of sp³-hybridized carbons (Fsp3) is 0.727. The van der Waals surface area contributed by atoms with Crippen LogP contribution < -0.4 is 5.19 Å². The Kier molecular flexibility index (Phi) is 12.1. The maximum atomic E-state index is 7.04. The zero-order valence-electron chi connectivity index (χ0n) is 22.9. The van der Waals surface area contributed by atoms with E-state index in [-0.39, 0.29) is 0 Å². The van der Waals surface area contributed by atoms with Crippen molar-refractivity contribution in [3.8, 4) is 0 Å². The lowest BCUT2D eigenvalue weighted by Gasteiger charge is -2.44. The van der Waals surface area contributed by atoms with Gasteiger partial charge in [-0.2, -0.15) is 0 Å². The van der Waals surface area contributed by atoms with E-state index in [9.17, 15) is 0 Å². The summed E-state index contributed by atoms with van der Waals surface area (Å²) < 4.78 is 38.8. The van der Waals surface area contributed by atoms with Gasteiger partial charge in [0.1, 0.15) is 0 Å². The van der Waals surface area contributed by atoms with Crippen LogP contribution in [-0.4, -0.2) is 68.4 Å². The van der Waals surface area contributed by atoms with E-state index in [1.165, 1.54) is 0 Å². The summed E-state index contributed by atoms with van der Waals surface area (Å²) >= 11 is 0. The smallest absolute Gasteiger partial charge is 0.351 e. The zero-order valence-corrected chi connectivity index (χ0v) is 27.9. The molecule has 2 unspecified atom stereocenters. The molecule has 0 N–H and O–H groups in total. The minimum absolute atomic E-state index is 0.447. The summed E-state index contributed by atoms with van der Waals surface area (Å²) in [6.45, 7) is 25.7. The second-order valence-electron chi connectivity index (χ2n) is 11.1. The highest BCUT2D eigenvalue weighted by atomic mass is 28.5. The number of rotatable bonds is 16. The predicted molar refractivity (Wildman–Crippen MR) is 150 cm³/mol. The SMILES string of the molecule is CCCOCCOC[Si](C)(O[Si](C)(C)C)O[Si](C)(O[Si](C)(C)O[Si](C)(C)C)c1ccccc1. The van der Waals surface area contributed by atoms with Gasteiger partial charge in [0.15, 0.2) is 16.6 Å². The summed E-state index contributed by atoms with van der Waals surface area (Å²) in [5.41, 5.74) is 0. The summed E-state index contributed by atoms with van der Waals surface area (Å²) in [4.78, 5) is 0. The number of benzene rings is 1. The molecule has 1 aromatic rings. The molecule has 0 aromatic heterocycles. The quantitative estimate of drug-likeness (QED) is 0.202. The molecule has 0 amide bonds. The first kappa shape index (κ1) is 31.1. The molecule has 0 saturated heterocycles. The largest absolute Gasteiger partial charge is 0.437 e. The monoisotopic (exact) mass is 548 g/mol. The maximum absolute atomic E-state index is 7.04. The van der Waals surface area contributed by atoms with Gasteiger partial charge in [-0.05, 0) is 77.1 Å². The van der Waals surface area contributed by atoms with Crippen molar-refractivity contribution in [2.75, 3.05) is 26.1 Å². The van der Waals surface area contributed by atoms with Crippen molar-refractivity contribution >= 4 is 47.5 Å². The molecule has 0 radical (unpaired) electrons. The average molecular weight is 549 g/mol. The van der Waals surface area contributed by atoms with E-state index in [2.05, 4.69) is 84.5 Å². The van der Waals surface area contributed by atoms with Crippen molar-refractivity contribution in [1.29, 1.82) is 0 Å². The van der Waals surface area contributed by atoms with E-state index >= 15 is 0 Å². The molecule has 1 aromatic carbocycles. The summed E-state index contributed by atoms with van der Waals surface area (Å²) in [6, 6.07) is 10.3. The molecule has 0 bridgehead atoms. The molecule has 0 fully saturated rings. The van der Waals surface area contributed by atoms with Gasteiger partial charge in [0.25, 0.3) is 0 Å². The number of hydrogen-bond donors (Lipinski definition) is 0. The van der Waals surface area contributed by atoms with E-state index in [0.717, 1.165) is 18.2 Å². The molecule has 1 rings (SSSR count). The Bertz CT molecular complexity index is 695. The lowest BCUT2D eigenvalue weighted by atomic mass is 10.4. The normalized spacial score (nSPS) is 16.9. The summed E-state index contributed by atoms with van der Waals surface area (Å²) in [6.07, 6.45) is 1.45. The van der Waals surface area contributed by atoms with Gasteiger partial charge in [0, 0.05) is 6.61 Å². The summed E-state index contributed by atoms with van der Waals surface area (Å²) in [5, 5.41) is 1.09. The fourth-order valence-corrected chi connectivity index (χ4v) is 26.3. The van der Waals surface area contributed by atoms with Gasteiger partial charge in [-0.3, -0.25) is 0 Å². The van der Waals surface area contributed by atoms with Gasteiger partial charge in [-0.25, -0.2) is 0 Å². The van der Waals surface area contributed by atoms with Crippen LogP contribution in [0.3, 0.4) is 0 Å². The molecule has 33 heavy (non-hydrogen) atoms. The molecule has 6 nitrogen and oxygen atoms in total. The highest BCUT2D eigenvalue weighted by molar-refractivity contribution is 6.95. The molecule has 0 aliphatic carbocycles. The Balaban J connectivity index is 3.19. The second-order valence-corrected chi connectivity index (χ2v) is 30.7. The minimum Gasteiger partial charge on any atom is -0.437 e. The molecule has 0 aliphatic rings. The molecule has 0 spiro atoms. The Morgan fingerprint density at radius 1 is 0.606 bits per heavy atom. The van der Waals surface area contributed by atoms with Crippen LogP contribution in [0.2, 0.25) is 65.5 Å². The first-order valence-electron chi connectivity index (χ1n) is 12.0. The van der Waals surface area contributed by atoms with Crippen LogP contribution in [0.25, 0.3) is 0 Å². The summed E-state index contributed by atoms with van der Waals surface area (Å²) in [5.74, 6) is 0.